The molecule has 3 aromatic heterocycles. The van der Waals surface area contributed by atoms with E-state index in [0.29, 0.717) is 5.82 Å². The third-order valence-corrected chi connectivity index (χ3v) is 2.99. The third-order valence-electron chi connectivity index (χ3n) is 2.99. The molecule has 0 atom stereocenters. The SMILES string of the molecule is Cc1ccc2nc(-c3ccc(C)nc3)c(N)n2c1. The van der Waals surface area contributed by atoms with Gasteiger partial charge in [-0.15, -0.1) is 0 Å². The van der Waals surface area contributed by atoms with E-state index in [2.05, 4.69) is 9.97 Å². The average molecular weight is 238 g/mol. The van der Waals surface area contributed by atoms with Crippen molar-refractivity contribution in [3.8, 4) is 11.3 Å². The van der Waals surface area contributed by atoms with Gasteiger partial charge in [0.25, 0.3) is 0 Å². The molecule has 0 aliphatic heterocycles. The Bertz CT molecular complexity index is 710. The molecule has 4 nitrogen and oxygen atoms in total. The minimum atomic E-state index is 0.652. The smallest absolute Gasteiger partial charge is 0.139 e. The molecule has 3 rings (SSSR count). The Labute approximate surface area is 105 Å². The van der Waals surface area contributed by atoms with Gasteiger partial charge in [-0.2, -0.15) is 0 Å². The van der Waals surface area contributed by atoms with Crippen LogP contribution in [-0.2, 0) is 0 Å². The maximum Gasteiger partial charge on any atom is 0.139 e. The molecule has 0 radical (unpaired) electrons. The fourth-order valence-electron chi connectivity index (χ4n) is 1.99. The lowest BCUT2D eigenvalue weighted by Crippen LogP contribution is -1.94. The monoisotopic (exact) mass is 238 g/mol. The molecule has 0 aliphatic rings. The van der Waals surface area contributed by atoms with Crippen molar-refractivity contribution in [2.45, 2.75) is 13.8 Å². The van der Waals surface area contributed by atoms with Crippen LogP contribution >= 0.6 is 0 Å². The molecular formula is C14H14N4. The van der Waals surface area contributed by atoms with Crippen molar-refractivity contribution in [3.63, 3.8) is 0 Å². The molecule has 0 aliphatic carbocycles. The zero-order valence-corrected chi connectivity index (χ0v) is 10.4. The average Bonchev–Trinajstić information content (AvgIpc) is 2.68. The predicted octanol–water partition coefficient (Wildman–Crippen LogP) is 2.60. The van der Waals surface area contributed by atoms with Gasteiger partial charge < -0.3 is 5.73 Å². The summed E-state index contributed by atoms with van der Waals surface area (Å²) in [5.74, 6) is 0.652. The van der Waals surface area contributed by atoms with E-state index in [-0.39, 0.29) is 0 Å². The Morgan fingerprint density at radius 3 is 2.67 bits per heavy atom. The lowest BCUT2D eigenvalue weighted by atomic mass is 10.2. The Morgan fingerprint density at radius 1 is 1.11 bits per heavy atom. The largest absolute Gasteiger partial charge is 0.383 e. The molecule has 90 valence electrons. The Morgan fingerprint density at radius 2 is 1.94 bits per heavy atom. The van der Waals surface area contributed by atoms with E-state index >= 15 is 0 Å². The highest BCUT2D eigenvalue weighted by atomic mass is 15.1. The Hall–Kier alpha value is -2.36. The van der Waals surface area contributed by atoms with Crippen LogP contribution in [0, 0.1) is 13.8 Å². The van der Waals surface area contributed by atoms with E-state index in [4.69, 9.17) is 5.73 Å². The zero-order valence-electron chi connectivity index (χ0n) is 10.4. The maximum atomic E-state index is 6.15. The standard InChI is InChI=1S/C14H14N4/c1-9-3-6-12-17-13(14(15)18(12)8-9)11-5-4-10(2)16-7-11/h3-8H,15H2,1-2H3. The zero-order chi connectivity index (χ0) is 12.7. The van der Waals surface area contributed by atoms with Gasteiger partial charge in [-0.05, 0) is 37.6 Å². The van der Waals surface area contributed by atoms with Crippen LogP contribution in [0.5, 0.6) is 0 Å². The van der Waals surface area contributed by atoms with E-state index in [0.717, 1.165) is 28.2 Å². The van der Waals surface area contributed by atoms with Crippen LogP contribution < -0.4 is 5.73 Å². The molecule has 0 bridgehead atoms. The Kier molecular flexibility index (Phi) is 2.30. The molecule has 0 unspecified atom stereocenters. The number of imidazole rings is 1. The summed E-state index contributed by atoms with van der Waals surface area (Å²) in [7, 11) is 0. The van der Waals surface area contributed by atoms with E-state index < -0.39 is 0 Å². The number of nitrogens with zero attached hydrogens (tertiary/aromatic N) is 3. The first-order valence-electron chi connectivity index (χ1n) is 5.82. The van der Waals surface area contributed by atoms with Gasteiger partial charge in [-0.1, -0.05) is 6.07 Å². The van der Waals surface area contributed by atoms with E-state index in [1.165, 1.54) is 0 Å². The van der Waals surface area contributed by atoms with Gasteiger partial charge in [-0.3, -0.25) is 9.38 Å². The van der Waals surface area contributed by atoms with Gasteiger partial charge in [0.2, 0.25) is 0 Å². The fraction of sp³-hybridized carbons (Fsp3) is 0.143. The number of aromatic nitrogens is 3. The van der Waals surface area contributed by atoms with E-state index in [1.807, 2.05) is 48.7 Å². The third kappa shape index (κ3) is 1.62. The van der Waals surface area contributed by atoms with E-state index in [9.17, 15) is 0 Å². The number of rotatable bonds is 1. The molecule has 3 aromatic rings. The lowest BCUT2D eigenvalue weighted by Gasteiger charge is -2.00. The van der Waals surface area contributed by atoms with Gasteiger partial charge in [0.15, 0.2) is 0 Å². The van der Waals surface area contributed by atoms with Crippen LogP contribution in [0.2, 0.25) is 0 Å². The summed E-state index contributed by atoms with van der Waals surface area (Å²) in [6.45, 7) is 3.99. The molecule has 0 saturated heterocycles. The summed E-state index contributed by atoms with van der Waals surface area (Å²) in [4.78, 5) is 8.83. The van der Waals surface area contributed by atoms with Crippen LogP contribution in [0.25, 0.3) is 16.9 Å². The van der Waals surface area contributed by atoms with Gasteiger partial charge >= 0.3 is 0 Å². The molecule has 3 heterocycles. The van der Waals surface area contributed by atoms with Gasteiger partial charge in [-0.25, -0.2) is 4.98 Å². The summed E-state index contributed by atoms with van der Waals surface area (Å²) in [5, 5.41) is 0. The van der Waals surface area contributed by atoms with Crippen LogP contribution in [0.15, 0.2) is 36.7 Å². The number of nitrogen functional groups attached to an aromatic ring is 1. The van der Waals surface area contributed by atoms with Gasteiger partial charge in [0.05, 0.1) is 0 Å². The number of hydrogen-bond donors (Lipinski definition) is 1. The first-order chi connectivity index (χ1) is 8.65. The molecule has 0 saturated carbocycles. The second-order valence-corrected chi connectivity index (χ2v) is 4.47. The Balaban J connectivity index is 2.23. The normalized spacial score (nSPS) is 11.0. The fourth-order valence-corrected chi connectivity index (χ4v) is 1.99. The molecule has 0 aromatic carbocycles. The first-order valence-corrected chi connectivity index (χ1v) is 5.82. The van der Waals surface area contributed by atoms with Crippen molar-refractivity contribution in [2.75, 3.05) is 5.73 Å². The predicted molar refractivity (Wildman–Crippen MR) is 72.3 cm³/mol. The summed E-state index contributed by atoms with van der Waals surface area (Å²) >= 11 is 0. The molecule has 0 spiro atoms. The lowest BCUT2D eigenvalue weighted by molar-refractivity contribution is 1.16. The van der Waals surface area contributed by atoms with Crippen LogP contribution in [-0.4, -0.2) is 14.4 Å². The highest BCUT2D eigenvalue weighted by Crippen LogP contribution is 2.26. The van der Waals surface area contributed by atoms with Crippen molar-refractivity contribution in [1.82, 2.24) is 14.4 Å². The van der Waals surface area contributed by atoms with Gasteiger partial charge in [0, 0.05) is 23.7 Å². The van der Waals surface area contributed by atoms with Crippen molar-refractivity contribution in [2.24, 2.45) is 0 Å². The van der Waals surface area contributed by atoms with Crippen molar-refractivity contribution in [1.29, 1.82) is 0 Å². The second-order valence-electron chi connectivity index (χ2n) is 4.47. The van der Waals surface area contributed by atoms with E-state index in [1.54, 1.807) is 6.20 Å². The van der Waals surface area contributed by atoms with Crippen LogP contribution in [0.3, 0.4) is 0 Å². The summed E-state index contributed by atoms with van der Waals surface area (Å²) in [6, 6.07) is 7.95. The molecule has 0 fully saturated rings. The molecule has 18 heavy (non-hydrogen) atoms. The van der Waals surface area contributed by atoms with Crippen molar-refractivity contribution in [3.05, 3.63) is 47.9 Å². The first kappa shape index (κ1) is 10.8. The highest BCUT2D eigenvalue weighted by Gasteiger charge is 2.11. The van der Waals surface area contributed by atoms with Crippen molar-refractivity contribution < 1.29 is 0 Å². The van der Waals surface area contributed by atoms with Crippen LogP contribution in [0.4, 0.5) is 5.82 Å². The minimum absolute atomic E-state index is 0.652. The summed E-state index contributed by atoms with van der Waals surface area (Å²) < 4.78 is 1.91. The number of aryl methyl sites for hydroxylation is 2. The molecular weight excluding hydrogens is 224 g/mol. The van der Waals surface area contributed by atoms with Crippen molar-refractivity contribution >= 4 is 11.5 Å². The topological polar surface area (TPSA) is 56.2 Å². The molecule has 2 N–H and O–H groups in total. The number of hydrogen-bond acceptors (Lipinski definition) is 3. The quantitative estimate of drug-likeness (QED) is 0.709. The summed E-state index contributed by atoms with van der Waals surface area (Å²) in [6.07, 6.45) is 3.79. The van der Waals surface area contributed by atoms with Crippen LogP contribution in [0.1, 0.15) is 11.3 Å². The number of fused-ring (bicyclic) bond motifs is 1. The molecule has 4 heteroatoms. The van der Waals surface area contributed by atoms with Gasteiger partial charge in [0.1, 0.15) is 17.2 Å². The number of nitrogens with two attached hydrogens (primary N) is 1. The second kappa shape index (κ2) is 3.84. The highest BCUT2D eigenvalue weighted by molar-refractivity contribution is 5.74. The molecule has 0 amide bonds. The summed E-state index contributed by atoms with van der Waals surface area (Å²) in [5.41, 5.74) is 10.9. The number of anilines is 1. The maximum absolute atomic E-state index is 6.15. The number of pyridine rings is 2. The minimum Gasteiger partial charge on any atom is -0.383 e.